The molecule has 0 fully saturated rings. The maximum Gasteiger partial charge on any atom is 0.312 e. The Balaban J connectivity index is 2.87. The lowest BCUT2D eigenvalue weighted by atomic mass is 9.86. The Morgan fingerprint density at radius 1 is 1.28 bits per heavy atom. The number of carboxylic acids is 1. The molecule has 4 nitrogen and oxygen atoms in total. The van der Waals surface area contributed by atoms with E-state index in [2.05, 4.69) is 26.1 Å². The van der Waals surface area contributed by atoms with Crippen LogP contribution in [0.15, 0.2) is 18.2 Å². The number of carboxylic acid groups (broad SMARTS) is 1. The average Bonchev–Trinajstić information content (AvgIpc) is 2.18. The molecule has 98 valence electrons. The van der Waals surface area contributed by atoms with Gasteiger partial charge in [0.1, 0.15) is 6.42 Å². The van der Waals surface area contributed by atoms with E-state index in [1.165, 1.54) is 5.56 Å². The van der Waals surface area contributed by atoms with E-state index in [-0.39, 0.29) is 5.41 Å². The number of anilines is 1. The van der Waals surface area contributed by atoms with Gasteiger partial charge in [-0.1, -0.05) is 32.9 Å². The summed E-state index contributed by atoms with van der Waals surface area (Å²) in [4.78, 5) is 21.8. The summed E-state index contributed by atoms with van der Waals surface area (Å²) < 4.78 is 0. The molecule has 0 aliphatic heterocycles. The molecule has 1 aromatic rings. The van der Waals surface area contributed by atoms with E-state index in [0.717, 1.165) is 5.56 Å². The first-order valence-corrected chi connectivity index (χ1v) is 5.83. The Hall–Kier alpha value is -1.84. The average molecular weight is 249 g/mol. The van der Waals surface area contributed by atoms with Crippen molar-refractivity contribution in [3.63, 3.8) is 0 Å². The van der Waals surface area contributed by atoms with Crippen LogP contribution in [0.5, 0.6) is 0 Å². The molecular weight excluding hydrogens is 230 g/mol. The van der Waals surface area contributed by atoms with Gasteiger partial charge in [0.05, 0.1) is 0 Å². The number of aliphatic carboxylic acids is 1. The van der Waals surface area contributed by atoms with E-state index in [9.17, 15) is 9.59 Å². The number of hydrogen-bond acceptors (Lipinski definition) is 2. The Morgan fingerprint density at radius 3 is 2.33 bits per heavy atom. The minimum Gasteiger partial charge on any atom is -0.481 e. The molecule has 1 rings (SSSR count). The molecule has 0 aromatic heterocycles. The Kier molecular flexibility index (Phi) is 4.11. The lowest BCUT2D eigenvalue weighted by Gasteiger charge is -2.20. The Labute approximate surface area is 107 Å². The summed E-state index contributed by atoms with van der Waals surface area (Å²) in [6, 6.07) is 5.77. The standard InChI is InChI=1S/C14H19NO3/c1-9-7-10(14(2,3)4)5-6-11(9)15-12(16)8-13(17)18/h5-7H,8H2,1-4H3,(H,15,16)(H,17,18). The summed E-state index contributed by atoms with van der Waals surface area (Å²) in [7, 11) is 0. The van der Waals surface area contributed by atoms with Gasteiger partial charge >= 0.3 is 5.97 Å². The largest absolute Gasteiger partial charge is 0.481 e. The molecule has 0 radical (unpaired) electrons. The molecule has 0 unspecified atom stereocenters. The zero-order chi connectivity index (χ0) is 13.9. The fourth-order valence-corrected chi connectivity index (χ4v) is 1.60. The molecule has 0 saturated heterocycles. The number of rotatable bonds is 3. The van der Waals surface area contributed by atoms with Crippen molar-refractivity contribution < 1.29 is 14.7 Å². The predicted octanol–water partition coefficient (Wildman–Crippen LogP) is 2.71. The molecule has 0 atom stereocenters. The van der Waals surface area contributed by atoms with Crippen molar-refractivity contribution in [2.24, 2.45) is 0 Å². The minimum absolute atomic E-state index is 0.0500. The fourth-order valence-electron chi connectivity index (χ4n) is 1.60. The van der Waals surface area contributed by atoms with Gasteiger partial charge < -0.3 is 10.4 Å². The Morgan fingerprint density at radius 2 is 1.89 bits per heavy atom. The van der Waals surface area contributed by atoms with Gasteiger partial charge in [0, 0.05) is 5.69 Å². The monoisotopic (exact) mass is 249 g/mol. The summed E-state index contributed by atoms with van der Waals surface area (Å²) in [5.74, 6) is -1.63. The third-order valence-electron chi connectivity index (χ3n) is 2.68. The molecule has 0 bridgehead atoms. The van der Waals surface area contributed by atoms with Crippen molar-refractivity contribution >= 4 is 17.6 Å². The summed E-state index contributed by atoms with van der Waals surface area (Å²) in [6.45, 7) is 8.24. The molecule has 18 heavy (non-hydrogen) atoms. The zero-order valence-electron chi connectivity index (χ0n) is 11.2. The van der Waals surface area contributed by atoms with Crippen LogP contribution in [-0.4, -0.2) is 17.0 Å². The molecule has 1 aromatic carbocycles. The van der Waals surface area contributed by atoms with Gasteiger partial charge in [-0.2, -0.15) is 0 Å². The van der Waals surface area contributed by atoms with Crippen LogP contribution in [0.3, 0.4) is 0 Å². The van der Waals surface area contributed by atoms with Crippen molar-refractivity contribution in [1.82, 2.24) is 0 Å². The number of amides is 1. The molecule has 0 aliphatic carbocycles. The van der Waals surface area contributed by atoms with Crippen molar-refractivity contribution in [2.45, 2.75) is 39.5 Å². The van der Waals surface area contributed by atoms with Crippen molar-refractivity contribution in [3.8, 4) is 0 Å². The highest BCUT2D eigenvalue weighted by Crippen LogP contribution is 2.26. The van der Waals surface area contributed by atoms with Crippen LogP contribution in [0.25, 0.3) is 0 Å². The Bertz CT molecular complexity index is 472. The highest BCUT2D eigenvalue weighted by Gasteiger charge is 2.15. The van der Waals surface area contributed by atoms with E-state index in [1.54, 1.807) is 0 Å². The lowest BCUT2D eigenvalue weighted by molar-refractivity contribution is -0.139. The van der Waals surface area contributed by atoms with Crippen molar-refractivity contribution in [1.29, 1.82) is 0 Å². The third kappa shape index (κ3) is 3.87. The number of carbonyl (C=O) groups is 2. The van der Waals surface area contributed by atoms with E-state index in [1.807, 2.05) is 25.1 Å². The summed E-state index contributed by atoms with van der Waals surface area (Å²) in [5.41, 5.74) is 2.82. The van der Waals surface area contributed by atoms with E-state index >= 15 is 0 Å². The van der Waals surface area contributed by atoms with Gasteiger partial charge in [0.2, 0.25) is 5.91 Å². The van der Waals surface area contributed by atoms with Gasteiger partial charge in [-0.25, -0.2) is 0 Å². The molecule has 0 aliphatic rings. The quantitative estimate of drug-likeness (QED) is 0.809. The summed E-state index contributed by atoms with van der Waals surface area (Å²) >= 11 is 0. The highest BCUT2D eigenvalue weighted by molar-refractivity contribution is 6.01. The van der Waals surface area contributed by atoms with E-state index in [0.29, 0.717) is 5.69 Å². The molecule has 0 saturated carbocycles. The highest BCUT2D eigenvalue weighted by atomic mass is 16.4. The number of aryl methyl sites for hydroxylation is 1. The third-order valence-corrected chi connectivity index (χ3v) is 2.68. The van der Waals surface area contributed by atoms with Crippen LogP contribution in [0.1, 0.15) is 38.3 Å². The van der Waals surface area contributed by atoms with Gasteiger partial charge in [-0.05, 0) is 29.5 Å². The first-order chi connectivity index (χ1) is 8.20. The number of nitrogens with one attached hydrogen (secondary N) is 1. The minimum atomic E-state index is -1.13. The summed E-state index contributed by atoms with van der Waals surface area (Å²) in [6.07, 6.45) is -0.513. The molecule has 4 heteroatoms. The van der Waals surface area contributed by atoms with Gasteiger partial charge in [0.25, 0.3) is 0 Å². The van der Waals surface area contributed by atoms with Crippen LogP contribution in [-0.2, 0) is 15.0 Å². The van der Waals surface area contributed by atoms with Gasteiger partial charge in [-0.15, -0.1) is 0 Å². The fraction of sp³-hybridized carbons (Fsp3) is 0.429. The molecule has 0 spiro atoms. The number of carbonyl (C=O) groups excluding carboxylic acids is 1. The SMILES string of the molecule is Cc1cc(C(C)(C)C)ccc1NC(=O)CC(=O)O. The number of benzene rings is 1. The van der Waals surface area contributed by atoms with Crippen LogP contribution < -0.4 is 5.32 Å². The second-order valence-electron chi connectivity index (χ2n) is 5.40. The van der Waals surface area contributed by atoms with Crippen LogP contribution in [0.4, 0.5) is 5.69 Å². The molecule has 2 N–H and O–H groups in total. The lowest BCUT2D eigenvalue weighted by Crippen LogP contribution is -2.17. The number of hydrogen-bond donors (Lipinski definition) is 2. The second-order valence-corrected chi connectivity index (χ2v) is 5.40. The van der Waals surface area contributed by atoms with Crippen LogP contribution in [0, 0.1) is 6.92 Å². The van der Waals surface area contributed by atoms with Crippen molar-refractivity contribution in [2.75, 3.05) is 5.32 Å². The molecule has 0 heterocycles. The predicted molar refractivity (Wildman–Crippen MR) is 70.8 cm³/mol. The van der Waals surface area contributed by atoms with E-state index < -0.39 is 18.3 Å². The summed E-state index contributed by atoms with van der Waals surface area (Å²) in [5, 5.41) is 11.1. The zero-order valence-corrected chi connectivity index (χ0v) is 11.2. The topological polar surface area (TPSA) is 66.4 Å². The smallest absolute Gasteiger partial charge is 0.312 e. The normalized spacial score (nSPS) is 11.1. The van der Waals surface area contributed by atoms with E-state index in [4.69, 9.17) is 5.11 Å². The van der Waals surface area contributed by atoms with Gasteiger partial charge in [-0.3, -0.25) is 9.59 Å². The molecule has 1 amide bonds. The van der Waals surface area contributed by atoms with Crippen molar-refractivity contribution in [3.05, 3.63) is 29.3 Å². The maximum absolute atomic E-state index is 11.4. The first kappa shape index (κ1) is 14.2. The second kappa shape index (κ2) is 5.21. The van der Waals surface area contributed by atoms with Crippen LogP contribution >= 0.6 is 0 Å². The van der Waals surface area contributed by atoms with Gasteiger partial charge in [0.15, 0.2) is 0 Å². The first-order valence-electron chi connectivity index (χ1n) is 5.83. The molecular formula is C14H19NO3. The maximum atomic E-state index is 11.4. The van der Waals surface area contributed by atoms with Crippen LogP contribution in [0.2, 0.25) is 0 Å².